The fourth-order valence-electron chi connectivity index (χ4n) is 9.06. The van der Waals surface area contributed by atoms with Crippen molar-refractivity contribution < 1.29 is 9.53 Å². The molecule has 3 fully saturated rings. The molecule has 0 spiro atoms. The largest absolute Gasteiger partial charge is 0.462 e. The highest BCUT2D eigenvalue weighted by molar-refractivity contribution is 5.71. The van der Waals surface area contributed by atoms with E-state index in [0.717, 1.165) is 54.3 Å². The molecule has 0 aromatic carbocycles. The van der Waals surface area contributed by atoms with Gasteiger partial charge < -0.3 is 4.74 Å². The summed E-state index contributed by atoms with van der Waals surface area (Å²) in [6, 6.07) is 0. The molecule has 0 bridgehead atoms. The van der Waals surface area contributed by atoms with E-state index >= 15 is 0 Å². The Morgan fingerprint density at radius 2 is 1.71 bits per heavy atom. The Balaban J connectivity index is 1.44. The number of allylic oxidation sites excluding steroid dienone is 1. The molecule has 4 rings (SSSR count). The third-order valence-corrected chi connectivity index (χ3v) is 11.8. The summed E-state index contributed by atoms with van der Waals surface area (Å²) in [6.07, 6.45) is 15.8. The number of fused-ring (bicyclic) bond motifs is 5. The number of hydrogen-bond donors (Lipinski definition) is 0. The third-order valence-electron chi connectivity index (χ3n) is 11.8. The predicted molar refractivity (Wildman–Crippen MR) is 142 cm³/mol. The van der Waals surface area contributed by atoms with E-state index < -0.39 is 0 Å². The maximum Gasteiger partial charge on any atom is 0.308 e. The van der Waals surface area contributed by atoms with Crippen LogP contribution in [0.4, 0.5) is 0 Å². The number of esters is 1. The van der Waals surface area contributed by atoms with Gasteiger partial charge >= 0.3 is 5.97 Å². The molecule has 4 aliphatic carbocycles. The van der Waals surface area contributed by atoms with Gasteiger partial charge in [-0.05, 0) is 97.2 Å². The van der Waals surface area contributed by atoms with Gasteiger partial charge in [0.1, 0.15) is 6.10 Å². The lowest BCUT2D eigenvalue weighted by Gasteiger charge is -2.58. The van der Waals surface area contributed by atoms with Gasteiger partial charge in [-0.1, -0.05) is 79.9 Å². The molecule has 0 saturated heterocycles. The molecule has 0 amide bonds. The summed E-state index contributed by atoms with van der Waals surface area (Å²) in [6.45, 7) is 19.0. The molecular weight excluding hydrogens is 416 g/mol. The van der Waals surface area contributed by atoms with Gasteiger partial charge in [-0.2, -0.15) is 0 Å². The molecule has 0 unspecified atom stereocenters. The first-order chi connectivity index (χ1) is 16.0. The smallest absolute Gasteiger partial charge is 0.308 e. The van der Waals surface area contributed by atoms with Crippen molar-refractivity contribution in [3.63, 3.8) is 0 Å². The molecule has 3 saturated carbocycles. The molecular formula is C32H54O2. The molecule has 0 aromatic heterocycles. The molecule has 0 aromatic rings. The van der Waals surface area contributed by atoms with E-state index in [2.05, 4.69) is 47.6 Å². The number of carbonyl (C=O) groups excluding carboxylic acids is 1. The lowest BCUT2D eigenvalue weighted by atomic mass is 9.47. The summed E-state index contributed by atoms with van der Waals surface area (Å²) in [4.78, 5) is 12.2. The van der Waals surface area contributed by atoms with Crippen molar-refractivity contribution in [3.8, 4) is 0 Å². The Kier molecular flexibility index (Phi) is 7.67. The zero-order chi connectivity index (χ0) is 24.8. The van der Waals surface area contributed by atoms with Crippen molar-refractivity contribution in [2.75, 3.05) is 0 Å². The topological polar surface area (TPSA) is 26.3 Å². The maximum atomic E-state index is 12.2. The number of ether oxygens (including phenoxy) is 1. The van der Waals surface area contributed by atoms with Gasteiger partial charge in [-0.15, -0.1) is 0 Å². The Hall–Kier alpha value is -0.790. The molecule has 2 nitrogen and oxygen atoms in total. The average molecular weight is 471 g/mol. The van der Waals surface area contributed by atoms with Crippen molar-refractivity contribution in [3.05, 3.63) is 11.6 Å². The summed E-state index contributed by atoms with van der Waals surface area (Å²) in [7, 11) is 0. The molecule has 0 radical (unpaired) electrons. The van der Waals surface area contributed by atoms with Crippen LogP contribution in [-0.4, -0.2) is 12.1 Å². The molecule has 2 heteroatoms. The van der Waals surface area contributed by atoms with Crippen molar-refractivity contribution in [2.24, 2.45) is 58.2 Å². The molecule has 34 heavy (non-hydrogen) atoms. The highest BCUT2D eigenvalue weighted by Gasteiger charge is 2.59. The number of hydrogen-bond acceptors (Lipinski definition) is 2. The Labute approximate surface area is 211 Å². The van der Waals surface area contributed by atoms with Gasteiger partial charge in [-0.25, -0.2) is 0 Å². The van der Waals surface area contributed by atoms with Crippen LogP contribution in [0.3, 0.4) is 0 Å². The van der Waals surface area contributed by atoms with Gasteiger partial charge in [0, 0.05) is 6.42 Å². The van der Waals surface area contributed by atoms with Gasteiger partial charge in [0.05, 0.1) is 5.92 Å². The van der Waals surface area contributed by atoms with Gasteiger partial charge in [0.15, 0.2) is 0 Å². The van der Waals surface area contributed by atoms with Crippen molar-refractivity contribution >= 4 is 5.97 Å². The first kappa shape index (κ1) is 26.3. The van der Waals surface area contributed by atoms with E-state index in [0.29, 0.717) is 10.8 Å². The first-order valence-electron chi connectivity index (χ1n) is 14.9. The van der Waals surface area contributed by atoms with Gasteiger partial charge in [-0.3, -0.25) is 4.79 Å². The van der Waals surface area contributed by atoms with Crippen LogP contribution in [0.1, 0.15) is 120 Å². The van der Waals surface area contributed by atoms with Crippen LogP contribution in [0, 0.1) is 58.2 Å². The Bertz CT molecular complexity index is 765. The minimum atomic E-state index is -0.0275. The number of carbonyl (C=O) groups is 1. The molecule has 0 N–H and O–H groups in total. The summed E-state index contributed by atoms with van der Waals surface area (Å²) in [5, 5.41) is 0. The zero-order valence-corrected chi connectivity index (χ0v) is 23.7. The van der Waals surface area contributed by atoms with Crippen LogP contribution in [0.5, 0.6) is 0 Å². The molecule has 0 aliphatic heterocycles. The fraction of sp³-hybridized carbons (Fsp3) is 0.906. The Morgan fingerprint density at radius 1 is 0.971 bits per heavy atom. The minimum Gasteiger partial charge on any atom is -0.462 e. The van der Waals surface area contributed by atoms with E-state index in [1.807, 2.05) is 13.8 Å². The lowest BCUT2D eigenvalue weighted by molar-refractivity contribution is -0.155. The Morgan fingerprint density at radius 3 is 2.38 bits per heavy atom. The van der Waals surface area contributed by atoms with Gasteiger partial charge in [0.25, 0.3) is 0 Å². The van der Waals surface area contributed by atoms with Crippen molar-refractivity contribution in [2.45, 2.75) is 126 Å². The van der Waals surface area contributed by atoms with Crippen LogP contribution in [0.2, 0.25) is 0 Å². The molecule has 4 aliphatic rings. The SMILES string of the molecule is CC(C)C(=O)O[C@H]1CC[C@@]2(C)C(=CC[C@H]3[C@@H]4CC[C@H]([C@H](C)CC[C@@H](C)C(C)C)[C@@]4(C)CC[C@@H]32)C1. The second-order valence-electron chi connectivity index (χ2n) is 14.2. The zero-order valence-electron chi connectivity index (χ0n) is 23.7. The minimum absolute atomic E-state index is 0.0229. The van der Waals surface area contributed by atoms with E-state index in [-0.39, 0.29) is 18.0 Å². The average Bonchev–Trinajstić information content (AvgIpc) is 3.14. The van der Waals surface area contributed by atoms with E-state index in [9.17, 15) is 4.79 Å². The molecule has 194 valence electrons. The molecule has 9 atom stereocenters. The van der Waals surface area contributed by atoms with E-state index in [1.54, 1.807) is 5.57 Å². The lowest BCUT2D eigenvalue weighted by Crippen LogP contribution is -2.51. The van der Waals surface area contributed by atoms with Crippen LogP contribution >= 0.6 is 0 Å². The first-order valence-corrected chi connectivity index (χ1v) is 14.9. The standard InChI is InChI=1S/C32H54O2/c1-20(2)22(5)9-10-23(6)27-13-14-28-26-12-11-24-19-25(34-30(33)21(3)4)15-17-31(24,7)29(26)16-18-32(27,28)8/h11,20-23,25-29H,9-10,12-19H2,1-8H3/t22-,23-,25+,26+,27-,28+,29+,31+,32-/m1/s1. The van der Waals surface area contributed by atoms with E-state index in [4.69, 9.17) is 4.74 Å². The summed E-state index contributed by atoms with van der Waals surface area (Å²) in [5.74, 6) is 6.00. The van der Waals surface area contributed by atoms with Crippen LogP contribution in [0.15, 0.2) is 11.6 Å². The quantitative estimate of drug-likeness (QED) is 0.274. The van der Waals surface area contributed by atoms with Crippen LogP contribution in [-0.2, 0) is 9.53 Å². The second kappa shape index (κ2) is 9.93. The highest BCUT2D eigenvalue weighted by atomic mass is 16.5. The predicted octanol–water partition coefficient (Wildman–Crippen LogP) is 8.84. The molecule has 0 heterocycles. The third kappa shape index (κ3) is 4.66. The van der Waals surface area contributed by atoms with Crippen molar-refractivity contribution in [1.29, 1.82) is 0 Å². The monoisotopic (exact) mass is 470 g/mol. The van der Waals surface area contributed by atoms with E-state index in [1.165, 1.54) is 51.4 Å². The summed E-state index contributed by atoms with van der Waals surface area (Å²) < 4.78 is 5.88. The van der Waals surface area contributed by atoms with Crippen LogP contribution in [0.25, 0.3) is 0 Å². The van der Waals surface area contributed by atoms with Crippen LogP contribution < -0.4 is 0 Å². The highest BCUT2D eigenvalue weighted by Crippen LogP contribution is 2.67. The fourth-order valence-corrected chi connectivity index (χ4v) is 9.06. The van der Waals surface area contributed by atoms with Gasteiger partial charge in [0.2, 0.25) is 0 Å². The summed E-state index contributed by atoms with van der Waals surface area (Å²) >= 11 is 0. The normalized spacial score (nSPS) is 41.4. The maximum absolute atomic E-state index is 12.2. The number of rotatable bonds is 7. The second-order valence-corrected chi connectivity index (χ2v) is 14.2. The summed E-state index contributed by atoms with van der Waals surface area (Å²) in [5.41, 5.74) is 2.50. The van der Waals surface area contributed by atoms with Crippen molar-refractivity contribution in [1.82, 2.24) is 0 Å².